The van der Waals surface area contributed by atoms with Gasteiger partial charge in [-0.3, -0.25) is 9.78 Å². The average molecular weight is 302 g/mol. The molecule has 21 heavy (non-hydrogen) atoms. The molecule has 116 valence electrons. The van der Waals surface area contributed by atoms with Crippen LogP contribution in [0.4, 0.5) is 13.2 Å². The van der Waals surface area contributed by atoms with Crippen molar-refractivity contribution in [3.63, 3.8) is 0 Å². The maximum Gasteiger partial charge on any atom is 0.433 e. The summed E-state index contributed by atoms with van der Waals surface area (Å²) in [5.74, 6) is 0.185. The molecule has 0 saturated carbocycles. The van der Waals surface area contributed by atoms with Crippen LogP contribution in [-0.4, -0.2) is 42.6 Å². The molecule has 0 unspecified atom stereocenters. The molecule has 2 rings (SSSR count). The highest BCUT2D eigenvalue weighted by atomic mass is 19.4. The molecular formula is C14H17F3N2O2. The Morgan fingerprint density at radius 2 is 2.19 bits per heavy atom. The van der Waals surface area contributed by atoms with E-state index in [1.807, 2.05) is 0 Å². The number of amides is 1. The standard InChI is InChI=1S/C14H17F3N2O2/c1-21-5-4-19-9-11(7-13(19)20)6-10-2-3-12(18-8-10)14(15,16)17/h2-3,8,11H,4-7,9H2,1H3/t11-/m0/s1. The molecule has 0 aliphatic carbocycles. The lowest BCUT2D eigenvalue weighted by Gasteiger charge is -2.16. The Labute approximate surface area is 120 Å². The highest BCUT2D eigenvalue weighted by Crippen LogP contribution is 2.28. The van der Waals surface area contributed by atoms with Gasteiger partial charge in [-0.05, 0) is 24.0 Å². The van der Waals surface area contributed by atoms with E-state index in [-0.39, 0.29) is 11.8 Å². The molecule has 0 radical (unpaired) electrons. The van der Waals surface area contributed by atoms with Crippen LogP contribution in [0.25, 0.3) is 0 Å². The van der Waals surface area contributed by atoms with Crippen molar-refractivity contribution in [2.24, 2.45) is 5.92 Å². The smallest absolute Gasteiger partial charge is 0.383 e. The van der Waals surface area contributed by atoms with Gasteiger partial charge in [-0.2, -0.15) is 13.2 Å². The van der Waals surface area contributed by atoms with Crippen LogP contribution in [0.1, 0.15) is 17.7 Å². The van der Waals surface area contributed by atoms with Crippen LogP contribution in [0.15, 0.2) is 18.3 Å². The zero-order valence-corrected chi connectivity index (χ0v) is 11.7. The zero-order valence-electron chi connectivity index (χ0n) is 11.7. The van der Waals surface area contributed by atoms with Crippen LogP contribution >= 0.6 is 0 Å². The zero-order chi connectivity index (χ0) is 15.5. The maximum absolute atomic E-state index is 12.4. The quantitative estimate of drug-likeness (QED) is 0.837. The fourth-order valence-electron chi connectivity index (χ4n) is 2.45. The van der Waals surface area contributed by atoms with Gasteiger partial charge >= 0.3 is 6.18 Å². The minimum absolute atomic E-state index is 0.0666. The second-order valence-electron chi connectivity index (χ2n) is 5.16. The van der Waals surface area contributed by atoms with Crippen molar-refractivity contribution in [3.05, 3.63) is 29.6 Å². The first-order valence-electron chi connectivity index (χ1n) is 6.69. The molecule has 0 aromatic carbocycles. The molecule has 1 aliphatic heterocycles. The number of hydrogen-bond donors (Lipinski definition) is 0. The minimum atomic E-state index is -4.42. The molecule has 4 nitrogen and oxygen atoms in total. The van der Waals surface area contributed by atoms with Crippen LogP contribution in [0, 0.1) is 5.92 Å². The Morgan fingerprint density at radius 1 is 1.43 bits per heavy atom. The van der Waals surface area contributed by atoms with Gasteiger partial charge in [-0.1, -0.05) is 6.07 Å². The molecule has 7 heteroatoms. The summed E-state index contributed by atoms with van der Waals surface area (Å²) in [5, 5.41) is 0. The monoisotopic (exact) mass is 302 g/mol. The predicted molar refractivity (Wildman–Crippen MR) is 69.5 cm³/mol. The normalized spacial score (nSPS) is 19.3. The maximum atomic E-state index is 12.4. The first-order chi connectivity index (χ1) is 9.90. The SMILES string of the molecule is COCCN1C[C@@H](Cc2ccc(C(F)(F)F)nc2)CC1=O. The Kier molecular flexibility index (Phi) is 4.82. The number of pyridine rings is 1. The van der Waals surface area contributed by atoms with Gasteiger partial charge in [0.15, 0.2) is 0 Å². The summed E-state index contributed by atoms with van der Waals surface area (Å²) in [6, 6.07) is 2.41. The lowest BCUT2D eigenvalue weighted by molar-refractivity contribution is -0.141. The van der Waals surface area contributed by atoms with Gasteiger partial charge in [-0.15, -0.1) is 0 Å². The highest BCUT2D eigenvalue weighted by molar-refractivity contribution is 5.78. The largest absolute Gasteiger partial charge is 0.433 e. The minimum Gasteiger partial charge on any atom is -0.383 e. The van der Waals surface area contributed by atoms with Gasteiger partial charge in [0.1, 0.15) is 5.69 Å². The number of nitrogens with zero attached hydrogens (tertiary/aromatic N) is 2. The van der Waals surface area contributed by atoms with Crippen molar-refractivity contribution < 1.29 is 22.7 Å². The third-order valence-corrected chi connectivity index (χ3v) is 3.50. The van der Waals surface area contributed by atoms with E-state index in [0.717, 1.165) is 11.6 Å². The number of rotatable bonds is 5. The second kappa shape index (κ2) is 6.43. The fourth-order valence-corrected chi connectivity index (χ4v) is 2.45. The number of alkyl halides is 3. The molecule has 0 N–H and O–H groups in total. The van der Waals surface area contributed by atoms with Gasteiger partial charge in [-0.25, -0.2) is 0 Å². The summed E-state index contributed by atoms with van der Waals surface area (Å²) in [5.41, 5.74) is -0.176. The van der Waals surface area contributed by atoms with Gasteiger partial charge < -0.3 is 9.64 Å². The lowest BCUT2D eigenvalue weighted by atomic mass is 9.99. The van der Waals surface area contributed by atoms with Crippen molar-refractivity contribution >= 4 is 5.91 Å². The number of halogens is 3. The molecule has 1 aromatic rings. The van der Waals surface area contributed by atoms with E-state index < -0.39 is 11.9 Å². The number of likely N-dealkylation sites (tertiary alicyclic amines) is 1. The predicted octanol–water partition coefficient (Wildman–Crippen LogP) is 2.14. The topological polar surface area (TPSA) is 42.4 Å². The lowest BCUT2D eigenvalue weighted by Crippen LogP contribution is -2.28. The molecule has 1 fully saturated rings. The van der Waals surface area contributed by atoms with E-state index in [2.05, 4.69) is 4.98 Å². The van der Waals surface area contributed by atoms with Crippen LogP contribution in [0.3, 0.4) is 0 Å². The van der Waals surface area contributed by atoms with E-state index in [9.17, 15) is 18.0 Å². The summed E-state index contributed by atoms with van der Waals surface area (Å²) in [6.07, 6.45) is -2.20. The van der Waals surface area contributed by atoms with Gasteiger partial charge in [0.25, 0.3) is 0 Å². The number of hydrogen-bond acceptors (Lipinski definition) is 3. The molecule has 1 saturated heterocycles. The first kappa shape index (κ1) is 15.8. The third-order valence-electron chi connectivity index (χ3n) is 3.50. The number of ether oxygens (including phenoxy) is 1. The number of aromatic nitrogens is 1. The van der Waals surface area contributed by atoms with E-state index in [1.165, 1.54) is 12.3 Å². The van der Waals surface area contributed by atoms with Gasteiger partial charge in [0.05, 0.1) is 6.61 Å². The van der Waals surface area contributed by atoms with Gasteiger partial charge in [0.2, 0.25) is 5.91 Å². The van der Waals surface area contributed by atoms with Crippen LogP contribution in [0.5, 0.6) is 0 Å². The van der Waals surface area contributed by atoms with Crippen LogP contribution in [0.2, 0.25) is 0 Å². The molecular weight excluding hydrogens is 285 g/mol. The third kappa shape index (κ3) is 4.17. The molecule has 0 bridgehead atoms. The summed E-state index contributed by atoms with van der Waals surface area (Å²) in [7, 11) is 1.58. The molecule has 0 spiro atoms. The van der Waals surface area contributed by atoms with Crippen molar-refractivity contribution in [1.82, 2.24) is 9.88 Å². The first-order valence-corrected chi connectivity index (χ1v) is 6.69. The Morgan fingerprint density at radius 3 is 2.76 bits per heavy atom. The van der Waals surface area contributed by atoms with E-state index in [0.29, 0.717) is 32.5 Å². The number of carbonyl (C=O) groups is 1. The van der Waals surface area contributed by atoms with Crippen LogP contribution in [-0.2, 0) is 22.1 Å². The summed E-state index contributed by atoms with van der Waals surface area (Å²) < 4.78 is 42.2. The number of methoxy groups -OCH3 is 1. The van der Waals surface area contributed by atoms with E-state index in [1.54, 1.807) is 12.0 Å². The Balaban J connectivity index is 1.92. The van der Waals surface area contributed by atoms with Crippen molar-refractivity contribution in [1.29, 1.82) is 0 Å². The number of carbonyl (C=O) groups excluding carboxylic acids is 1. The molecule has 1 aromatic heterocycles. The van der Waals surface area contributed by atoms with E-state index in [4.69, 9.17) is 4.74 Å². The molecule has 1 amide bonds. The summed E-state index contributed by atoms with van der Waals surface area (Å²) >= 11 is 0. The van der Waals surface area contributed by atoms with Gasteiger partial charge in [0, 0.05) is 32.8 Å². The van der Waals surface area contributed by atoms with E-state index >= 15 is 0 Å². The Hall–Kier alpha value is -1.63. The van der Waals surface area contributed by atoms with Crippen LogP contribution < -0.4 is 0 Å². The van der Waals surface area contributed by atoms with Crippen molar-refractivity contribution in [3.8, 4) is 0 Å². The molecule has 2 heterocycles. The highest BCUT2D eigenvalue weighted by Gasteiger charge is 2.33. The molecule has 1 atom stereocenters. The summed E-state index contributed by atoms with van der Waals surface area (Å²) in [6.45, 7) is 1.65. The Bertz CT molecular complexity index is 488. The van der Waals surface area contributed by atoms with Crippen molar-refractivity contribution in [2.75, 3.05) is 26.8 Å². The summed E-state index contributed by atoms with van der Waals surface area (Å²) in [4.78, 5) is 16.9. The molecule has 1 aliphatic rings. The fraction of sp³-hybridized carbons (Fsp3) is 0.571. The second-order valence-corrected chi connectivity index (χ2v) is 5.16. The van der Waals surface area contributed by atoms with Crippen molar-refractivity contribution in [2.45, 2.75) is 19.0 Å². The average Bonchev–Trinajstić information content (AvgIpc) is 2.76.